The van der Waals surface area contributed by atoms with E-state index in [4.69, 9.17) is 5.73 Å². The third-order valence-electron chi connectivity index (χ3n) is 3.65. The van der Waals surface area contributed by atoms with E-state index in [1.165, 1.54) is 6.07 Å². The van der Waals surface area contributed by atoms with E-state index >= 15 is 0 Å². The number of nitrogens with two attached hydrogens (primary N) is 1. The van der Waals surface area contributed by atoms with Crippen LogP contribution in [0.5, 0.6) is 0 Å². The molecule has 2 atom stereocenters. The SMILES string of the molecule is CC(C)N1CCC(N)C1c1cccc(C(F)F)c1. The third kappa shape index (κ3) is 2.54. The molecule has 1 aliphatic heterocycles. The summed E-state index contributed by atoms with van der Waals surface area (Å²) in [5.74, 6) is 0. The lowest BCUT2D eigenvalue weighted by Crippen LogP contribution is -2.35. The van der Waals surface area contributed by atoms with Crippen molar-refractivity contribution in [2.75, 3.05) is 6.54 Å². The predicted octanol–water partition coefficient (Wildman–Crippen LogP) is 3.11. The van der Waals surface area contributed by atoms with Crippen molar-refractivity contribution in [2.45, 2.75) is 44.8 Å². The summed E-state index contributed by atoms with van der Waals surface area (Å²) in [6.07, 6.45) is -1.50. The van der Waals surface area contributed by atoms with Gasteiger partial charge in [0.15, 0.2) is 0 Å². The Morgan fingerprint density at radius 2 is 2.06 bits per heavy atom. The van der Waals surface area contributed by atoms with Gasteiger partial charge in [-0.3, -0.25) is 4.90 Å². The Morgan fingerprint density at radius 3 is 2.67 bits per heavy atom. The highest BCUT2D eigenvalue weighted by Crippen LogP contribution is 2.34. The molecule has 1 fully saturated rings. The molecule has 0 spiro atoms. The van der Waals surface area contributed by atoms with Crippen molar-refractivity contribution in [1.29, 1.82) is 0 Å². The van der Waals surface area contributed by atoms with E-state index < -0.39 is 6.43 Å². The Balaban J connectivity index is 2.31. The van der Waals surface area contributed by atoms with Crippen molar-refractivity contribution < 1.29 is 8.78 Å². The summed E-state index contributed by atoms with van der Waals surface area (Å²) >= 11 is 0. The van der Waals surface area contributed by atoms with Gasteiger partial charge in [0.25, 0.3) is 6.43 Å². The number of nitrogens with zero attached hydrogens (tertiary/aromatic N) is 1. The summed E-state index contributed by atoms with van der Waals surface area (Å²) in [5.41, 5.74) is 7.12. The van der Waals surface area contributed by atoms with Crippen LogP contribution in [-0.2, 0) is 0 Å². The van der Waals surface area contributed by atoms with Gasteiger partial charge in [0.05, 0.1) is 6.04 Å². The van der Waals surface area contributed by atoms with E-state index in [0.717, 1.165) is 18.5 Å². The number of likely N-dealkylation sites (tertiary alicyclic amines) is 1. The molecular formula is C14H20F2N2. The van der Waals surface area contributed by atoms with Crippen LogP contribution >= 0.6 is 0 Å². The van der Waals surface area contributed by atoms with E-state index in [1.54, 1.807) is 12.1 Å². The molecule has 2 unspecified atom stereocenters. The lowest BCUT2D eigenvalue weighted by atomic mass is 9.98. The lowest BCUT2D eigenvalue weighted by Gasteiger charge is -2.30. The number of hydrogen-bond donors (Lipinski definition) is 1. The maximum absolute atomic E-state index is 12.7. The first-order valence-corrected chi connectivity index (χ1v) is 6.40. The summed E-state index contributed by atoms with van der Waals surface area (Å²) < 4.78 is 25.5. The van der Waals surface area contributed by atoms with E-state index in [0.29, 0.717) is 6.04 Å². The molecule has 0 saturated carbocycles. The minimum atomic E-state index is -2.42. The van der Waals surface area contributed by atoms with Crippen LogP contribution < -0.4 is 5.73 Å². The van der Waals surface area contributed by atoms with Crippen molar-refractivity contribution in [3.63, 3.8) is 0 Å². The normalized spacial score (nSPS) is 25.3. The predicted molar refractivity (Wildman–Crippen MR) is 68.6 cm³/mol. The molecular weight excluding hydrogens is 234 g/mol. The average molecular weight is 254 g/mol. The van der Waals surface area contributed by atoms with Crippen LogP contribution in [0, 0.1) is 0 Å². The fourth-order valence-corrected chi connectivity index (χ4v) is 2.74. The van der Waals surface area contributed by atoms with Crippen molar-refractivity contribution in [3.8, 4) is 0 Å². The molecule has 0 aromatic heterocycles. The zero-order chi connectivity index (χ0) is 13.3. The molecule has 18 heavy (non-hydrogen) atoms. The van der Waals surface area contributed by atoms with Crippen LogP contribution in [0.1, 0.15) is 43.9 Å². The second-order valence-corrected chi connectivity index (χ2v) is 5.20. The first-order valence-electron chi connectivity index (χ1n) is 6.40. The summed E-state index contributed by atoms with van der Waals surface area (Å²) in [5, 5.41) is 0. The molecule has 1 aromatic rings. The number of halogens is 2. The van der Waals surface area contributed by atoms with Crippen LogP contribution in [0.15, 0.2) is 24.3 Å². The molecule has 0 amide bonds. The molecule has 0 bridgehead atoms. The van der Waals surface area contributed by atoms with Crippen LogP contribution in [0.3, 0.4) is 0 Å². The number of hydrogen-bond acceptors (Lipinski definition) is 2. The highest BCUT2D eigenvalue weighted by molar-refractivity contribution is 5.29. The highest BCUT2D eigenvalue weighted by Gasteiger charge is 2.34. The van der Waals surface area contributed by atoms with Gasteiger partial charge < -0.3 is 5.73 Å². The summed E-state index contributed by atoms with van der Waals surface area (Å²) in [6, 6.07) is 7.12. The van der Waals surface area contributed by atoms with Gasteiger partial charge >= 0.3 is 0 Å². The molecule has 2 N–H and O–H groups in total. The van der Waals surface area contributed by atoms with E-state index in [-0.39, 0.29) is 17.6 Å². The van der Waals surface area contributed by atoms with E-state index in [2.05, 4.69) is 18.7 Å². The number of alkyl halides is 2. The largest absolute Gasteiger partial charge is 0.326 e. The number of benzene rings is 1. The molecule has 0 radical (unpaired) electrons. The average Bonchev–Trinajstić information content (AvgIpc) is 2.71. The van der Waals surface area contributed by atoms with E-state index in [9.17, 15) is 8.78 Å². The van der Waals surface area contributed by atoms with E-state index in [1.807, 2.05) is 6.07 Å². The fourth-order valence-electron chi connectivity index (χ4n) is 2.74. The maximum atomic E-state index is 12.7. The van der Waals surface area contributed by atoms with Crippen molar-refractivity contribution in [2.24, 2.45) is 5.73 Å². The first kappa shape index (κ1) is 13.4. The van der Waals surface area contributed by atoms with Crippen LogP contribution in [0.4, 0.5) is 8.78 Å². The topological polar surface area (TPSA) is 29.3 Å². The third-order valence-corrected chi connectivity index (χ3v) is 3.65. The smallest absolute Gasteiger partial charge is 0.263 e. The van der Waals surface area contributed by atoms with Crippen LogP contribution in [-0.4, -0.2) is 23.5 Å². The highest BCUT2D eigenvalue weighted by atomic mass is 19.3. The van der Waals surface area contributed by atoms with Gasteiger partial charge in [-0.05, 0) is 31.9 Å². The van der Waals surface area contributed by atoms with Crippen LogP contribution in [0.2, 0.25) is 0 Å². The van der Waals surface area contributed by atoms with Gasteiger partial charge in [-0.25, -0.2) is 8.78 Å². The molecule has 0 aliphatic carbocycles. The van der Waals surface area contributed by atoms with Gasteiger partial charge in [-0.15, -0.1) is 0 Å². The van der Waals surface area contributed by atoms with Gasteiger partial charge in [0.2, 0.25) is 0 Å². The minimum absolute atomic E-state index is 0.0281. The lowest BCUT2D eigenvalue weighted by molar-refractivity contribution is 0.150. The molecule has 1 heterocycles. The van der Waals surface area contributed by atoms with Gasteiger partial charge in [0.1, 0.15) is 0 Å². The quantitative estimate of drug-likeness (QED) is 0.898. The second kappa shape index (κ2) is 5.33. The standard InChI is InChI=1S/C14H20F2N2/c1-9(2)18-7-6-12(17)13(18)10-4-3-5-11(8-10)14(15)16/h3-5,8-9,12-14H,6-7,17H2,1-2H3. The molecule has 2 nitrogen and oxygen atoms in total. The van der Waals surface area contributed by atoms with Crippen molar-refractivity contribution >= 4 is 0 Å². The Bertz CT molecular complexity index is 407. The summed E-state index contributed by atoms with van der Waals surface area (Å²) in [4.78, 5) is 2.29. The Labute approximate surface area is 107 Å². The Kier molecular flexibility index (Phi) is 3.97. The zero-order valence-electron chi connectivity index (χ0n) is 10.8. The second-order valence-electron chi connectivity index (χ2n) is 5.20. The Hall–Kier alpha value is -1.00. The molecule has 100 valence electrons. The Morgan fingerprint density at radius 1 is 1.33 bits per heavy atom. The van der Waals surface area contributed by atoms with Crippen LogP contribution in [0.25, 0.3) is 0 Å². The fraction of sp³-hybridized carbons (Fsp3) is 0.571. The van der Waals surface area contributed by atoms with Crippen molar-refractivity contribution in [1.82, 2.24) is 4.90 Å². The monoisotopic (exact) mass is 254 g/mol. The van der Waals surface area contributed by atoms with Gasteiger partial charge in [0, 0.05) is 24.2 Å². The summed E-state index contributed by atoms with van der Waals surface area (Å²) in [6.45, 7) is 5.16. The molecule has 2 rings (SSSR count). The summed E-state index contributed by atoms with van der Waals surface area (Å²) in [7, 11) is 0. The molecule has 1 aliphatic rings. The van der Waals surface area contributed by atoms with Gasteiger partial charge in [-0.2, -0.15) is 0 Å². The van der Waals surface area contributed by atoms with Crippen molar-refractivity contribution in [3.05, 3.63) is 35.4 Å². The molecule has 4 heteroatoms. The van der Waals surface area contributed by atoms with Gasteiger partial charge in [-0.1, -0.05) is 18.2 Å². The molecule has 1 aromatic carbocycles. The first-order chi connectivity index (χ1) is 8.50. The maximum Gasteiger partial charge on any atom is 0.263 e. The minimum Gasteiger partial charge on any atom is -0.326 e. The zero-order valence-corrected chi connectivity index (χ0v) is 10.8. The number of rotatable bonds is 3. The molecule has 1 saturated heterocycles.